The van der Waals surface area contributed by atoms with Crippen molar-refractivity contribution in [1.29, 1.82) is 0 Å². The molecule has 1 fully saturated rings. The minimum Gasteiger partial charge on any atom is -0.481 e. The Balaban J connectivity index is 1.79. The predicted octanol–water partition coefficient (Wildman–Crippen LogP) is 1.05. The van der Waals surface area contributed by atoms with Crippen LogP contribution in [0.5, 0.6) is 0 Å². The highest BCUT2D eigenvalue weighted by atomic mass is 16.5. The van der Waals surface area contributed by atoms with Gasteiger partial charge in [-0.2, -0.15) is 4.98 Å². The lowest BCUT2D eigenvalue weighted by Crippen LogP contribution is -2.49. The number of carbonyl (C=O) groups excluding carboxylic acids is 1. The van der Waals surface area contributed by atoms with E-state index in [1.165, 1.54) is 0 Å². The van der Waals surface area contributed by atoms with Crippen molar-refractivity contribution in [3.8, 4) is 0 Å². The number of hydrogen-bond acceptors (Lipinski definition) is 6. The van der Waals surface area contributed by atoms with Crippen molar-refractivity contribution >= 4 is 11.9 Å². The number of aliphatic carboxylic acids is 1. The minimum atomic E-state index is -0.924. The van der Waals surface area contributed by atoms with Gasteiger partial charge in [-0.15, -0.1) is 0 Å². The molecule has 1 aliphatic heterocycles. The third kappa shape index (κ3) is 5.31. The Hall–Kier alpha value is -1.96. The number of nitrogens with zero attached hydrogens (tertiary/aromatic N) is 3. The maximum atomic E-state index is 12.3. The monoisotopic (exact) mass is 325 g/mol. The molecule has 1 N–H and O–H groups in total. The van der Waals surface area contributed by atoms with E-state index in [1.54, 1.807) is 4.90 Å². The van der Waals surface area contributed by atoms with E-state index in [0.29, 0.717) is 44.1 Å². The summed E-state index contributed by atoms with van der Waals surface area (Å²) in [6.07, 6.45) is 3.14. The first-order valence-electron chi connectivity index (χ1n) is 8.00. The number of amides is 1. The molecule has 23 heavy (non-hydrogen) atoms. The van der Waals surface area contributed by atoms with Gasteiger partial charge in [-0.3, -0.25) is 9.59 Å². The van der Waals surface area contributed by atoms with Gasteiger partial charge in [0.2, 0.25) is 11.8 Å². The largest absolute Gasteiger partial charge is 0.481 e. The van der Waals surface area contributed by atoms with E-state index >= 15 is 0 Å². The van der Waals surface area contributed by atoms with Crippen LogP contribution in [0.1, 0.15) is 44.3 Å². The fraction of sp³-hybridized carbons (Fsp3) is 0.733. The molecule has 0 radical (unpaired) electrons. The second kappa shape index (κ2) is 8.61. The van der Waals surface area contributed by atoms with Gasteiger partial charge in [0.25, 0.3) is 0 Å². The van der Waals surface area contributed by atoms with Crippen LogP contribution in [-0.2, 0) is 27.2 Å². The summed E-state index contributed by atoms with van der Waals surface area (Å²) in [4.78, 5) is 29.1. The van der Waals surface area contributed by atoms with Crippen molar-refractivity contribution in [2.24, 2.45) is 0 Å². The molecule has 2 heterocycles. The summed E-state index contributed by atoms with van der Waals surface area (Å²) >= 11 is 0. The predicted molar refractivity (Wildman–Crippen MR) is 79.8 cm³/mol. The molecule has 1 aromatic heterocycles. The van der Waals surface area contributed by atoms with Crippen LogP contribution in [0, 0.1) is 0 Å². The SMILES string of the molecule is CCCc1noc(CCCC(=O)N2CCOCC2CC(=O)O)n1. The van der Waals surface area contributed by atoms with Crippen LogP contribution < -0.4 is 0 Å². The Morgan fingerprint density at radius 1 is 1.39 bits per heavy atom. The number of rotatable bonds is 8. The molecule has 0 bridgehead atoms. The van der Waals surface area contributed by atoms with E-state index in [0.717, 1.165) is 12.8 Å². The molecule has 128 valence electrons. The molecule has 1 unspecified atom stereocenters. The quantitative estimate of drug-likeness (QED) is 0.761. The van der Waals surface area contributed by atoms with Crippen molar-refractivity contribution < 1.29 is 24.0 Å². The number of ether oxygens (including phenoxy) is 1. The molecule has 0 aliphatic carbocycles. The van der Waals surface area contributed by atoms with Gasteiger partial charge in [-0.05, 0) is 12.8 Å². The standard InChI is InChI=1S/C15H23N3O5/c1-2-4-12-16-13(23-17-12)5-3-6-14(19)18-7-8-22-10-11(18)9-15(20)21/h11H,2-10H2,1H3,(H,20,21). The van der Waals surface area contributed by atoms with Crippen LogP contribution in [0.4, 0.5) is 0 Å². The zero-order valence-corrected chi connectivity index (χ0v) is 13.4. The van der Waals surface area contributed by atoms with Crippen molar-refractivity contribution in [3.05, 3.63) is 11.7 Å². The van der Waals surface area contributed by atoms with Gasteiger partial charge in [0.05, 0.1) is 25.7 Å². The molecule has 8 nitrogen and oxygen atoms in total. The molecular formula is C15H23N3O5. The number of carboxylic acids is 1. The Morgan fingerprint density at radius 3 is 2.96 bits per heavy atom. The molecule has 1 amide bonds. The van der Waals surface area contributed by atoms with Gasteiger partial charge in [0.1, 0.15) is 0 Å². The summed E-state index contributed by atoms with van der Waals surface area (Å²) in [6.45, 7) is 3.22. The average molecular weight is 325 g/mol. The first-order chi connectivity index (χ1) is 11.1. The van der Waals surface area contributed by atoms with Crippen LogP contribution in [-0.4, -0.2) is 57.8 Å². The number of morpholine rings is 1. The number of aromatic nitrogens is 2. The molecule has 0 saturated carbocycles. The zero-order valence-electron chi connectivity index (χ0n) is 13.4. The van der Waals surface area contributed by atoms with E-state index in [2.05, 4.69) is 10.1 Å². The average Bonchev–Trinajstić information content (AvgIpc) is 2.95. The van der Waals surface area contributed by atoms with Gasteiger partial charge in [0, 0.05) is 25.8 Å². The lowest BCUT2D eigenvalue weighted by Gasteiger charge is -2.34. The summed E-state index contributed by atoms with van der Waals surface area (Å²) < 4.78 is 10.4. The molecule has 2 rings (SSSR count). The van der Waals surface area contributed by atoms with Gasteiger partial charge in [-0.25, -0.2) is 0 Å². The molecule has 1 aromatic rings. The second-order valence-corrected chi connectivity index (χ2v) is 5.62. The zero-order chi connectivity index (χ0) is 16.7. The van der Waals surface area contributed by atoms with E-state index in [4.69, 9.17) is 14.4 Å². The molecule has 0 aromatic carbocycles. The highest BCUT2D eigenvalue weighted by Crippen LogP contribution is 2.14. The molecule has 8 heteroatoms. The Morgan fingerprint density at radius 2 is 2.22 bits per heavy atom. The van der Waals surface area contributed by atoms with Crippen molar-refractivity contribution in [1.82, 2.24) is 15.0 Å². The fourth-order valence-electron chi connectivity index (χ4n) is 2.61. The lowest BCUT2D eigenvalue weighted by molar-refractivity contribution is -0.146. The molecule has 1 atom stereocenters. The minimum absolute atomic E-state index is 0.0483. The highest BCUT2D eigenvalue weighted by molar-refractivity contribution is 5.77. The fourth-order valence-corrected chi connectivity index (χ4v) is 2.61. The van der Waals surface area contributed by atoms with Crippen LogP contribution in [0.25, 0.3) is 0 Å². The van der Waals surface area contributed by atoms with E-state index in [1.807, 2.05) is 6.92 Å². The normalized spacial score (nSPS) is 18.1. The van der Waals surface area contributed by atoms with Gasteiger partial charge in [0.15, 0.2) is 5.82 Å². The highest BCUT2D eigenvalue weighted by Gasteiger charge is 2.28. The maximum Gasteiger partial charge on any atom is 0.305 e. The summed E-state index contributed by atoms with van der Waals surface area (Å²) in [5.41, 5.74) is 0. The van der Waals surface area contributed by atoms with Gasteiger partial charge < -0.3 is 19.3 Å². The summed E-state index contributed by atoms with van der Waals surface area (Å²) in [6, 6.07) is -0.381. The van der Waals surface area contributed by atoms with Gasteiger partial charge >= 0.3 is 5.97 Å². The van der Waals surface area contributed by atoms with Gasteiger partial charge in [-0.1, -0.05) is 12.1 Å². The topological polar surface area (TPSA) is 106 Å². The van der Waals surface area contributed by atoms with Crippen LogP contribution in [0.15, 0.2) is 4.52 Å². The first-order valence-corrected chi connectivity index (χ1v) is 8.00. The van der Waals surface area contributed by atoms with Crippen molar-refractivity contribution in [2.75, 3.05) is 19.8 Å². The summed E-state index contributed by atoms with van der Waals surface area (Å²) in [5.74, 6) is 0.273. The molecule has 0 spiro atoms. The third-order valence-corrected chi connectivity index (χ3v) is 3.72. The lowest BCUT2D eigenvalue weighted by atomic mass is 10.1. The molecule has 1 aliphatic rings. The third-order valence-electron chi connectivity index (χ3n) is 3.72. The summed E-state index contributed by atoms with van der Waals surface area (Å²) in [7, 11) is 0. The smallest absolute Gasteiger partial charge is 0.305 e. The maximum absolute atomic E-state index is 12.3. The van der Waals surface area contributed by atoms with Crippen LogP contribution in [0.2, 0.25) is 0 Å². The number of carboxylic acid groups (broad SMARTS) is 1. The number of aryl methyl sites for hydroxylation is 2. The molecular weight excluding hydrogens is 302 g/mol. The van der Waals surface area contributed by atoms with Crippen molar-refractivity contribution in [3.63, 3.8) is 0 Å². The van der Waals surface area contributed by atoms with E-state index < -0.39 is 5.97 Å². The van der Waals surface area contributed by atoms with E-state index in [-0.39, 0.29) is 25.0 Å². The number of hydrogen-bond donors (Lipinski definition) is 1. The van der Waals surface area contributed by atoms with Crippen LogP contribution in [0.3, 0.4) is 0 Å². The Labute approximate surface area is 134 Å². The summed E-state index contributed by atoms with van der Waals surface area (Å²) in [5, 5.41) is 12.8. The Bertz CT molecular complexity index is 531. The van der Waals surface area contributed by atoms with Crippen LogP contribution >= 0.6 is 0 Å². The Kier molecular flexibility index (Phi) is 6.52. The number of carbonyl (C=O) groups is 2. The first kappa shape index (κ1) is 17.4. The van der Waals surface area contributed by atoms with E-state index in [9.17, 15) is 9.59 Å². The van der Waals surface area contributed by atoms with Crippen molar-refractivity contribution in [2.45, 2.75) is 51.5 Å². The second-order valence-electron chi connectivity index (χ2n) is 5.62. The molecule has 1 saturated heterocycles.